The number of amides is 2. The first-order chi connectivity index (χ1) is 8.74. The van der Waals surface area contributed by atoms with Crippen LogP contribution in [0.4, 0.5) is 10.5 Å². The molecule has 1 rings (SSSR count). The lowest BCUT2D eigenvalue weighted by molar-refractivity contribution is -0.146. The molecule has 0 radical (unpaired) electrons. The van der Waals surface area contributed by atoms with Crippen LogP contribution in [0.1, 0.15) is 19.4 Å². The van der Waals surface area contributed by atoms with Gasteiger partial charge in [0, 0.05) is 16.7 Å². The molecule has 0 spiro atoms. The fourth-order valence-corrected chi connectivity index (χ4v) is 1.65. The number of hydrogen-bond acceptors (Lipinski definition) is 2. The van der Waals surface area contributed by atoms with Gasteiger partial charge in [-0.25, -0.2) is 4.79 Å². The maximum absolute atomic E-state index is 11.7. The Kier molecular flexibility index (Phi) is 4.94. The maximum Gasteiger partial charge on any atom is 0.319 e. The van der Waals surface area contributed by atoms with Crippen LogP contribution in [-0.2, 0) is 4.79 Å². The van der Waals surface area contributed by atoms with Gasteiger partial charge in [0.25, 0.3) is 0 Å². The third kappa shape index (κ3) is 4.24. The molecule has 0 saturated heterocycles. The lowest BCUT2D eigenvalue weighted by Crippen LogP contribution is -2.40. The van der Waals surface area contributed by atoms with E-state index in [0.29, 0.717) is 5.69 Å². The zero-order valence-corrected chi connectivity index (χ0v) is 12.7. The van der Waals surface area contributed by atoms with E-state index in [1.807, 2.05) is 19.1 Å². The van der Waals surface area contributed by atoms with Gasteiger partial charge in [-0.15, -0.1) is 0 Å². The van der Waals surface area contributed by atoms with E-state index in [4.69, 9.17) is 5.11 Å². The van der Waals surface area contributed by atoms with Gasteiger partial charge in [0.2, 0.25) is 0 Å². The number of carboxylic acid groups (broad SMARTS) is 1. The van der Waals surface area contributed by atoms with Crippen LogP contribution in [0.3, 0.4) is 0 Å². The van der Waals surface area contributed by atoms with Crippen LogP contribution >= 0.6 is 15.9 Å². The predicted octanol–water partition coefficient (Wildman–Crippen LogP) is 2.99. The zero-order chi connectivity index (χ0) is 14.6. The van der Waals surface area contributed by atoms with Crippen molar-refractivity contribution in [2.75, 3.05) is 11.9 Å². The Morgan fingerprint density at radius 2 is 2.00 bits per heavy atom. The van der Waals surface area contributed by atoms with Crippen molar-refractivity contribution in [2.24, 2.45) is 5.41 Å². The van der Waals surface area contributed by atoms with Crippen molar-refractivity contribution in [1.82, 2.24) is 5.32 Å². The van der Waals surface area contributed by atoms with E-state index in [0.717, 1.165) is 10.0 Å². The number of nitrogens with one attached hydrogen (secondary N) is 2. The lowest BCUT2D eigenvalue weighted by Gasteiger charge is -2.20. The van der Waals surface area contributed by atoms with Gasteiger partial charge in [-0.05, 0) is 38.5 Å². The van der Waals surface area contributed by atoms with Crippen molar-refractivity contribution in [2.45, 2.75) is 20.8 Å². The van der Waals surface area contributed by atoms with Crippen LogP contribution in [0.25, 0.3) is 0 Å². The number of benzene rings is 1. The summed E-state index contributed by atoms with van der Waals surface area (Å²) in [5.41, 5.74) is 0.596. The molecule has 0 aromatic heterocycles. The summed E-state index contributed by atoms with van der Waals surface area (Å²) in [6.45, 7) is 5.04. The summed E-state index contributed by atoms with van der Waals surface area (Å²) in [5, 5.41) is 14.2. The van der Waals surface area contributed by atoms with Gasteiger partial charge >= 0.3 is 12.0 Å². The second-order valence-corrected chi connectivity index (χ2v) is 5.76. The predicted molar refractivity (Wildman–Crippen MR) is 77.3 cm³/mol. The van der Waals surface area contributed by atoms with Crippen molar-refractivity contribution in [3.8, 4) is 0 Å². The molecule has 5 nitrogen and oxygen atoms in total. The average molecular weight is 329 g/mol. The number of urea groups is 1. The van der Waals surface area contributed by atoms with Crippen molar-refractivity contribution in [3.05, 3.63) is 28.2 Å². The number of carbonyl (C=O) groups is 2. The normalized spacial score (nSPS) is 10.9. The molecular formula is C13H17BrN2O3. The van der Waals surface area contributed by atoms with Gasteiger partial charge in [-0.2, -0.15) is 0 Å². The first-order valence-electron chi connectivity index (χ1n) is 5.77. The quantitative estimate of drug-likeness (QED) is 0.795. The Hall–Kier alpha value is -1.56. The molecule has 0 saturated carbocycles. The van der Waals surface area contributed by atoms with E-state index in [2.05, 4.69) is 26.6 Å². The molecule has 19 heavy (non-hydrogen) atoms. The molecule has 0 bridgehead atoms. The third-order valence-electron chi connectivity index (χ3n) is 2.79. The molecule has 0 fully saturated rings. The molecule has 3 N–H and O–H groups in total. The summed E-state index contributed by atoms with van der Waals surface area (Å²) in [5.74, 6) is -0.952. The average Bonchev–Trinajstić information content (AvgIpc) is 2.32. The Balaban J connectivity index is 2.62. The summed E-state index contributed by atoms with van der Waals surface area (Å²) in [7, 11) is 0. The van der Waals surface area contributed by atoms with Crippen LogP contribution in [0.5, 0.6) is 0 Å². The number of halogens is 1. The number of rotatable bonds is 4. The van der Waals surface area contributed by atoms with Crippen molar-refractivity contribution in [3.63, 3.8) is 0 Å². The highest BCUT2D eigenvalue weighted by atomic mass is 79.9. The van der Waals surface area contributed by atoms with Gasteiger partial charge in [0.15, 0.2) is 0 Å². The van der Waals surface area contributed by atoms with Crippen molar-refractivity contribution >= 4 is 33.6 Å². The van der Waals surface area contributed by atoms with Crippen LogP contribution in [0.2, 0.25) is 0 Å². The van der Waals surface area contributed by atoms with E-state index >= 15 is 0 Å². The number of anilines is 1. The van der Waals surface area contributed by atoms with E-state index in [1.54, 1.807) is 19.9 Å². The Bertz CT molecular complexity index is 501. The molecule has 0 heterocycles. The van der Waals surface area contributed by atoms with Crippen molar-refractivity contribution in [1.29, 1.82) is 0 Å². The topological polar surface area (TPSA) is 78.4 Å². The summed E-state index contributed by atoms with van der Waals surface area (Å²) in [6.07, 6.45) is 0. The Morgan fingerprint density at radius 3 is 2.58 bits per heavy atom. The molecule has 0 aliphatic carbocycles. The smallest absolute Gasteiger partial charge is 0.319 e. The standard InChI is InChI=1S/C13H17BrN2O3/c1-8-9(14)5-4-6-10(8)16-12(19)15-7-13(2,3)11(17)18/h4-6H,7H2,1-3H3,(H,17,18)(H2,15,16,19). The molecule has 1 aromatic carbocycles. The zero-order valence-electron chi connectivity index (χ0n) is 11.1. The van der Waals surface area contributed by atoms with Gasteiger partial charge < -0.3 is 15.7 Å². The highest BCUT2D eigenvalue weighted by Crippen LogP contribution is 2.23. The first kappa shape index (κ1) is 15.5. The third-order valence-corrected chi connectivity index (χ3v) is 3.64. The van der Waals surface area contributed by atoms with E-state index in [1.165, 1.54) is 0 Å². The maximum atomic E-state index is 11.7. The SMILES string of the molecule is Cc1c(Br)cccc1NC(=O)NCC(C)(C)C(=O)O. The highest BCUT2D eigenvalue weighted by molar-refractivity contribution is 9.10. The Morgan fingerprint density at radius 1 is 1.37 bits per heavy atom. The van der Waals surface area contributed by atoms with Gasteiger partial charge in [-0.3, -0.25) is 4.79 Å². The van der Waals surface area contributed by atoms with Gasteiger partial charge in [-0.1, -0.05) is 22.0 Å². The monoisotopic (exact) mass is 328 g/mol. The first-order valence-corrected chi connectivity index (χ1v) is 6.56. The molecule has 6 heteroatoms. The molecule has 0 atom stereocenters. The summed E-state index contributed by atoms with van der Waals surface area (Å²) in [6, 6.07) is 5.05. The fourth-order valence-electron chi connectivity index (χ4n) is 1.29. The van der Waals surface area contributed by atoms with Crippen molar-refractivity contribution < 1.29 is 14.7 Å². The summed E-state index contributed by atoms with van der Waals surface area (Å²) < 4.78 is 0.899. The Labute approximate surface area is 120 Å². The minimum absolute atomic E-state index is 0.0568. The van der Waals surface area contributed by atoms with Crippen LogP contribution in [-0.4, -0.2) is 23.7 Å². The minimum Gasteiger partial charge on any atom is -0.481 e. The van der Waals surface area contributed by atoms with Crippen LogP contribution < -0.4 is 10.6 Å². The molecule has 0 aliphatic heterocycles. The van der Waals surface area contributed by atoms with E-state index in [-0.39, 0.29) is 6.54 Å². The van der Waals surface area contributed by atoms with Crippen LogP contribution in [0, 0.1) is 12.3 Å². The number of hydrogen-bond donors (Lipinski definition) is 3. The van der Waals surface area contributed by atoms with Gasteiger partial charge in [0.05, 0.1) is 5.41 Å². The molecule has 0 unspecified atom stereocenters. The van der Waals surface area contributed by atoms with E-state index in [9.17, 15) is 9.59 Å². The number of carboxylic acids is 1. The largest absolute Gasteiger partial charge is 0.481 e. The number of aliphatic carboxylic acids is 1. The van der Waals surface area contributed by atoms with Crippen LogP contribution in [0.15, 0.2) is 22.7 Å². The minimum atomic E-state index is -0.996. The molecule has 2 amide bonds. The van der Waals surface area contributed by atoms with E-state index < -0.39 is 17.4 Å². The molecule has 1 aromatic rings. The molecule has 104 valence electrons. The molecule has 0 aliphatic rings. The lowest BCUT2D eigenvalue weighted by atomic mass is 9.94. The molecular weight excluding hydrogens is 312 g/mol. The summed E-state index contributed by atoms with van der Waals surface area (Å²) >= 11 is 3.38. The second-order valence-electron chi connectivity index (χ2n) is 4.91. The van der Waals surface area contributed by atoms with Gasteiger partial charge in [0.1, 0.15) is 0 Å². The number of carbonyl (C=O) groups excluding carboxylic acids is 1. The fraction of sp³-hybridized carbons (Fsp3) is 0.385. The summed E-state index contributed by atoms with van der Waals surface area (Å²) in [4.78, 5) is 22.6. The highest BCUT2D eigenvalue weighted by Gasteiger charge is 2.27. The second kappa shape index (κ2) is 6.06.